The van der Waals surface area contributed by atoms with Crippen LogP contribution < -0.4 is 10.5 Å². The van der Waals surface area contributed by atoms with E-state index in [9.17, 15) is 13.2 Å². The summed E-state index contributed by atoms with van der Waals surface area (Å²) in [6.07, 6.45) is 0.254. The van der Waals surface area contributed by atoms with E-state index in [0.29, 0.717) is 12.1 Å². The Labute approximate surface area is 158 Å². The first-order valence-electron chi connectivity index (χ1n) is 8.45. The number of amides is 1. The molecule has 0 saturated heterocycles. The lowest BCUT2D eigenvalue weighted by Crippen LogP contribution is -2.24. The Kier molecular flexibility index (Phi) is 5.69. The Morgan fingerprint density at radius 2 is 1.44 bits per heavy atom. The Balaban J connectivity index is 1.68. The standard InChI is InChI=1S/C21H20N2O3S/c22-27(25,26)20-9-5-4-8-19(20)18-12-10-16(11-13-18)14-21(24)23-15-17-6-2-1-3-7-17/h1-13H,14-15H2,(H,23,24)(H2,22,25,26). The van der Waals surface area contributed by atoms with E-state index in [1.807, 2.05) is 42.5 Å². The molecule has 0 unspecified atom stereocenters. The molecule has 0 aromatic heterocycles. The van der Waals surface area contributed by atoms with Gasteiger partial charge in [0, 0.05) is 12.1 Å². The second kappa shape index (κ2) is 8.16. The number of rotatable bonds is 6. The van der Waals surface area contributed by atoms with Crippen molar-refractivity contribution in [3.63, 3.8) is 0 Å². The van der Waals surface area contributed by atoms with Crippen molar-refractivity contribution >= 4 is 15.9 Å². The van der Waals surface area contributed by atoms with E-state index in [1.165, 1.54) is 6.07 Å². The molecule has 138 valence electrons. The molecule has 5 nitrogen and oxygen atoms in total. The largest absolute Gasteiger partial charge is 0.352 e. The minimum atomic E-state index is -3.81. The van der Waals surface area contributed by atoms with Gasteiger partial charge in [-0.05, 0) is 22.8 Å². The fraction of sp³-hybridized carbons (Fsp3) is 0.0952. The minimum absolute atomic E-state index is 0.0726. The second-order valence-corrected chi connectivity index (χ2v) is 7.71. The van der Waals surface area contributed by atoms with E-state index in [0.717, 1.165) is 16.7 Å². The number of hydrogen-bond donors (Lipinski definition) is 2. The van der Waals surface area contributed by atoms with E-state index in [2.05, 4.69) is 5.32 Å². The normalized spacial score (nSPS) is 11.1. The van der Waals surface area contributed by atoms with Gasteiger partial charge in [0.25, 0.3) is 0 Å². The first-order valence-corrected chi connectivity index (χ1v) is 10.00. The molecule has 6 heteroatoms. The predicted octanol–water partition coefficient (Wildman–Crippen LogP) is 2.86. The monoisotopic (exact) mass is 380 g/mol. The number of sulfonamides is 1. The van der Waals surface area contributed by atoms with Gasteiger partial charge in [0.2, 0.25) is 15.9 Å². The number of nitrogens with two attached hydrogens (primary N) is 1. The van der Waals surface area contributed by atoms with Crippen molar-refractivity contribution < 1.29 is 13.2 Å². The first kappa shape index (κ1) is 18.8. The zero-order chi connectivity index (χ0) is 19.3. The molecule has 0 aliphatic rings. The van der Waals surface area contributed by atoms with Crippen LogP contribution in [-0.2, 0) is 27.8 Å². The average molecular weight is 380 g/mol. The van der Waals surface area contributed by atoms with Crippen LogP contribution in [0.1, 0.15) is 11.1 Å². The van der Waals surface area contributed by atoms with Crippen LogP contribution in [0.25, 0.3) is 11.1 Å². The summed E-state index contributed by atoms with van der Waals surface area (Å²) in [7, 11) is -3.81. The third kappa shape index (κ3) is 5.03. The van der Waals surface area contributed by atoms with Crippen molar-refractivity contribution in [3.05, 3.63) is 90.0 Å². The van der Waals surface area contributed by atoms with Gasteiger partial charge >= 0.3 is 0 Å². The lowest BCUT2D eigenvalue weighted by Gasteiger charge is -2.09. The van der Waals surface area contributed by atoms with Gasteiger partial charge in [0.05, 0.1) is 11.3 Å². The topological polar surface area (TPSA) is 89.3 Å². The molecule has 0 heterocycles. The van der Waals surface area contributed by atoms with Crippen molar-refractivity contribution in [3.8, 4) is 11.1 Å². The van der Waals surface area contributed by atoms with Gasteiger partial charge in [0.15, 0.2) is 0 Å². The molecule has 3 aromatic rings. The smallest absolute Gasteiger partial charge is 0.238 e. The van der Waals surface area contributed by atoms with Crippen molar-refractivity contribution in [2.75, 3.05) is 0 Å². The summed E-state index contributed by atoms with van der Waals surface area (Å²) in [4.78, 5) is 12.2. The molecule has 0 fully saturated rings. The molecule has 3 rings (SSSR count). The van der Waals surface area contributed by atoms with Crippen LogP contribution in [0, 0.1) is 0 Å². The summed E-state index contributed by atoms with van der Waals surface area (Å²) < 4.78 is 23.5. The number of carbonyl (C=O) groups excluding carboxylic acids is 1. The average Bonchev–Trinajstić information content (AvgIpc) is 2.67. The molecule has 1 amide bonds. The number of carbonyl (C=O) groups is 1. The summed E-state index contributed by atoms with van der Waals surface area (Å²) in [6, 6.07) is 23.5. The number of primary sulfonamides is 1. The summed E-state index contributed by atoms with van der Waals surface area (Å²) in [6.45, 7) is 0.486. The van der Waals surface area contributed by atoms with Gasteiger partial charge in [-0.3, -0.25) is 4.79 Å². The third-order valence-electron chi connectivity index (χ3n) is 4.16. The van der Waals surface area contributed by atoms with Gasteiger partial charge in [-0.2, -0.15) is 0 Å². The molecule has 0 aliphatic carbocycles. The fourth-order valence-electron chi connectivity index (χ4n) is 2.80. The first-order chi connectivity index (χ1) is 12.9. The van der Waals surface area contributed by atoms with Crippen LogP contribution in [-0.4, -0.2) is 14.3 Å². The van der Waals surface area contributed by atoms with E-state index in [4.69, 9.17) is 5.14 Å². The van der Waals surface area contributed by atoms with Crippen LogP contribution in [0.2, 0.25) is 0 Å². The van der Waals surface area contributed by atoms with Gasteiger partial charge in [-0.1, -0.05) is 72.8 Å². The predicted molar refractivity (Wildman–Crippen MR) is 105 cm³/mol. The molecular weight excluding hydrogens is 360 g/mol. The summed E-state index contributed by atoms with van der Waals surface area (Å²) in [5, 5.41) is 8.18. The maximum absolute atomic E-state index is 12.1. The highest BCUT2D eigenvalue weighted by Crippen LogP contribution is 2.26. The second-order valence-electron chi connectivity index (χ2n) is 6.18. The Bertz CT molecular complexity index is 1030. The van der Waals surface area contributed by atoms with Gasteiger partial charge in [0.1, 0.15) is 0 Å². The molecule has 3 N–H and O–H groups in total. The number of nitrogens with one attached hydrogen (secondary N) is 1. The Hall–Kier alpha value is -2.96. The van der Waals surface area contributed by atoms with E-state index in [1.54, 1.807) is 30.3 Å². The molecule has 0 spiro atoms. The maximum atomic E-state index is 12.1. The van der Waals surface area contributed by atoms with E-state index in [-0.39, 0.29) is 17.2 Å². The number of benzene rings is 3. The van der Waals surface area contributed by atoms with Crippen LogP contribution in [0.3, 0.4) is 0 Å². The third-order valence-corrected chi connectivity index (χ3v) is 5.12. The van der Waals surface area contributed by atoms with Crippen LogP contribution in [0.4, 0.5) is 0 Å². The SMILES string of the molecule is NS(=O)(=O)c1ccccc1-c1ccc(CC(=O)NCc2ccccc2)cc1. The molecule has 0 radical (unpaired) electrons. The van der Waals surface area contributed by atoms with Crippen LogP contribution in [0.5, 0.6) is 0 Å². The maximum Gasteiger partial charge on any atom is 0.238 e. The molecule has 0 saturated carbocycles. The fourth-order valence-corrected chi connectivity index (χ4v) is 3.56. The highest BCUT2D eigenvalue weighted by molar-refractivity contribution is 7.89. The van der Waals surface area contributed by atoms with Gasteiger partial charge in [-0.25, -0.2) is 13.6 Å². The Morgan fingerprint density at radius 3 is 2.11 bits per heavy atom. The molecule has 0 atom stereocenters. The zero-order valence-corrected chi connectivity index (χ0v) is 15.4. The van der Waals surface area contributed by atoms with Gasteiger partial charge < -0.3 is 5.32 Å². The molecule has 27 heavy (non-hydrogen) atoms. The lowest BCUT2D eigenvalue weighted by atomic mass is 10.0. The van der Waals surface area contributed by atoms with Crippen LogP contribution in [0.15, 0.2) is 83.8 Å². The highest BCUT2D eigenvalue weighted by Gasteiger charge is 2.14. The molecular formula is C21H20N2O3S. The van der Waals surface area contributed by atoms with E-state index < -0.39 is 10.0 Å². The van der Waals surface area contributed by atoms with E-state index >= 15 is 0 Å². The molecule has 3 aromatic carbocycles. The molecule has 0 aliphatic heterocycles. The molecule has 0 bridgehead atoms. The highest BCUT2D eigenvalue weighted by atomic mass is 32.2. The van der Waals surface area contributed by atoms with Crippen molar-refractivity contribution in [2.24, 2.45) is 5.14 Å². The van der Waals surface area contributed by atoms with Gasteiger partial charge in [-0.15, -0.1) is 0 Å². The lowest BCUT2D eigenvalue weighted by molar-refractivity contribution is -0.120. The Morgan fingerprint density at radius 1 is 0.815 bits per heavy atom. The van der Waals surface area contributed by atoms with Crippen molar-refractivity contribution in [1.29, 1.82) is 0 Å². The van der Waals surface area contributed by atoms with Crippen molar-refractivity contribution in [1.82, 2.24) is 5.32 Å². The quantitative estimate of drug-likeness (QED) is 0.689. The minimum Gasteiger partial charge on any atom is -0.352 e. The summed E-state index contributed by atoms with van der Waals surface area (Å²) >= 11 is 0. The number of hydrogen-bond acceptors (Lipinski definition) is 3. The van der Waals surface area contributed by atoms with Crippen molar-refractivity contribution in [2.45, 2.75) is 17.9 Å². The summed E-state index contributed by atoms with van der Waals surface area (Å²) in [5.74, 6) is -0.0726. The zero-order valence-electron chi connectivity index (χ0n) is 14.6. The van der Waals surface area contributed by atoms with Crippen LogP contribution >= 0.6 is 0 Å². The summed E-state index contributed by atoms with van der Waals surface area (Å²) in [5.41, 5.74) is 3.16.